The Labute approximate surface area is 144 Å². The number of amides is 2. The zero-order chi connectivity index (χ0) is 16.8. The summed E-state index contributed by atoms with van der Waals surface area (Å²) in [7, 11) is 1.54. The minimum Gasteiger partial charge on any atom is -0.480 e. The molecule has 2 aromatic heterocycles. The van der Waals surface area contributed by atoms with Gasteiger partial charge in [0.2, 0.25) is 11.8 Å². The summed E-state index contributed by atoms with van der Waals surface area (Å²) in [5.74, 6) is 0.828. The number of rotatable bonds is 5. The molecule has 3 heterocycles. The van der Waals surface area contributed by atoms with Crippen LogP contribution in [0.3, 0.4) is 0 Å². The van der Waals surface area contributed by atoms with Crippen molar-refractivity contribution in [2.24, 2.45) is 0 Å². The molecule has 0 bridgehead atoms. The minimum atomic E-state index is -0.0901. The van der Waals surface area contributed by atoms with Crippen molar-refractivity contribution in [2.75, 3.05) is 20.2 Å². The predicted molar refractivity (Wildman–Crippen MR) is 90.4 cm³/mol. The topological polar surface area (TPSA) is 76.6 Å². The van der Waals surface area contributed by atoms with Crippen molar-refractivity contribution in [1.29, 1.82) is 0 Å². The van der Waals surface area contributed by atoms with Crippen LogP contribution in [0.25, 0.3) is 0 Å². The summed E-state index contributed by atoms with van der Waals surface area (Å²) >= 11 is 1.63. The Morgan fingerprint density at radius 1 is 1.46 bits per heavy atom. The van der Waals surface area contributed by atoms with E-state index in [1.165, 1.54) is 13.3 Å². The number of carbonyl (C=O) groups is 1. The zero-order valence-electron chi connectivity index (χ0n) is 13.5. The molecule has 0 unspecified atom stereocenters. The van der Waals surface area contributed by atoms with E-state index in [1.807, 2.05) is 17.5 Å². The molecule has 1 N–H and O–H groups in total. The summed E-state index contributed by atoms with van der Waals surface area (Å²) in [4.78, 5) is 23.5. The van der Waals surface area contributed by atoms with Gasteiger partial charge in [-0.1, -0.05) is 6.07 Å². The quantitative estimate of drug-likeness (QED) is 0.897. The highest BCUT2D eigenvalue weighted by atomic mass is 32.1. The van der Waals surface area contributed by atoms with Gasteiger partial charge in [0.05, 0.1) is 32.6 Å². The van der Waals surface area contributed by atoms with Gasteiger partial charge in [0, 0.05) is 11.4 Å². The second kappa shape index (κ2) is 7.96. The van der Waals surface area contributed by atoms with Crippen LogP contribution in [0.1, 0.15) is 17.7 Å². The van der Waals surface area contributed by atoms with Crippen molar-refractivity contribution in [1.82, 2.24) is 20.2 Å². The smallest absolute Gasteiger partial charge is 0.317 e. The van der Waals surface area contributed by atoms with Gasteiger partial charge >= 0.3 is 6.03 Å². The second-order valence-corrected chi connectivity index (χ2v) is 6.50. The Balaban J connectivity index is 1.52. The summed E-state index contributed by atoms with van der Waals surface area (Å²) in [6.45, 7) is 1.83. The van der Waals surface area contributed by atoms with E-state index in [2.05, 4.69) is 15.3 Å². The van der Waals surface area contributed by atoms with Crippen LogP contribution in [0.2, 0.25) is 0 Å². The Bertz CT molecular complexity index is 665. The van der Waals surface area contributed by atoms with Gasteiger partial charge in [0.1, 0.15) is 6.10 Å². The monoisotopic (exact) mass is 348 g/mol. The summed E-state index contributed by atoms with van der Waals surface area (Å²) in [6.07, 6.45) is 4.77. The summed E-state index contributed by atoms with van der Waals surface area (Å²) in [5, 5.41) is 4.95. The Kier molecular flexibility index (Phi) is 5.47. The molecule has 0 saturated carbocycles. The van der Waals surface area contributed by atoms with E-state index in [0.717, 1.165) is 24.3 Å². The van der Waals surface area contributed by atoms with Crippen LogP contribution >= 0.6 is 11.3 Å². The molecule has 8 heteroatoms. The summed E-state index contributed by atoms with van der Waals surface area (Å²) in [6, 6.07) is 3.93. The first kappa shape index (κ1) is 16.5. The molecule has 3 rings (SSSR count). The summed E-state index contributed by atoms with van der Waals surface area (Å²) < 4.78 is 10.9. The first-order valence-corrected chi connectivity index (χ1v) is 8.70. The molecule has 7 nitrogen and oxygen atoms in total. The third-order valence-electron chi connectivity index (χ3n) is 3.75. The third-order valence-corrected chi connectivity index (χ3v) is 4.62. The Hall–Kier alpha value is -2.35. The largest absolute Gasteiger partial charge is 0.480 e. The number of nitrogens with one attached hydrogen (secondary N) is 1. The van der Waals surface area contributed by atoms with Gasteiger partial charge < -0.3 is 19.7 Å². The molecule has 0 aliphatic carbocycles. The molecule has 128 valence electrons. The average molecular weight is 348 g/mol. The van der Waals surface area contributed by atoms with Crippen LogP contribution in [-0.2, 0) is 6.54 Å². The number of likely N-dealkylation sites (tertiary alicyclic amines) is 1. The molecule has 1 saturated heterocycles. The van der Waals surface area contributed by atoms with Gasteiger partial charge in [-0.3, -0.25) is 4.98 Å². The van der Waals surface area contributed by atoms with Crippen LogP contribution in [0.15, 0.2) is 29.9 Å². The number of thiophene rings is 1. The van der Waals surface area contributed by atoms with Gasteiger partial charge in [-0.25, -0.2) is 4.79 Å². The molecule has 2 amide bonds. The maximum Gasteiger partial charge on any atom is 0.317 e. The molecule has 0 spiro atoms. The van der Waals surface area contributed by atoms with Crippen LogP contribution in [0.5, 0.6) is 11.8 Å². The van der Waals surface area contributed by atoms with Gasteiger partial charge in [0.15, 0.2) is 0 Å². The minimum absolute atomic E-state index is 0.0616. The first-order valence-electron chi connectivity index (χ1n) is 7.82. The Morgan fingerprint density at radius 3 is 3.12 bits per heavy atom. The van der Waals surface area contributed by atoms with Crippen molar-refractivity contribution in [2.45, 2.75) is 25.5 Å². The number of methoxy groups -OCH3 is 1. The van der Waals surface area contributed by atoms with E-state index >= 15 is 0 Å². The second-order valence-electron chi connectivity index (χ2n) is 5.47. The molecule has 0 aromatic carbocycles. The number of piperidine rings is 1. The van der Waals surface area contributed by atoms with E-state index < -0.39 is 0 Å². The molecule has 0 radical (unpaired) electrons. The number of hydrogen-bond donors (Lipinski definition) is 1. The number of hydrogen-bond acceptors (Lipinski definition) is 6. The fourth-order valence-corrected chi connectivity index (χ4v) is 3.21. The van der Waals surface area contributed by atoms with Crippen LogP contribution in [0, 0.1) is 0 Å². The molecule has 24 heavy (non-hydrogen) atoms. The molecule has 2 aromatic rings. The number of ether oxygens (including phenoxy) is 2. The van der Waals surface area contributed by atoms with Crippen molar-refractivity contribution in [3.8, 4) is 11.8 Å². The lowest BCUT2D eigenvalue weighted by Gasteiger charge is -2.32. The standard InChI is InChI=1S/C16H20N4O3S/c1-22-14-9-17-10-15(19-14)23-12-4-2-6-20(11-12)16(21)18-8-13-5-3-7-24-13/h3,5,7,9-10,12H,2,4,6,8,11H2,1H3,(H,18,21)/t12-/m0/s1. The van der Waals surface area contributed by atoms with E-state index in [1.54, 1.807) is 22.4 Å². The Morgan fingerprint density at radius 2 is 2.33 bits per heavy atom. The maximum absolute atomic E-state index is 12.3. The fraction of sp³-hybridized carbons (Fsp3) is 0.438. The SMILES string of the molecule is COc1cncc(O[C@H]2CCCN(C(=O)NCc3cccs3)C2)n1. The van der Waals surface area contributed by atoms with Crippen molar-refractivity contribution in [3.63, 3.8) is 0 Å². The van der Waals surface area contributed by atoms with Crippen molar-refractivity contribution < 1.29 is 14.3 Å². The molecule has 1 atom stereocenters. The number of urea groups is 1. The normalized spacial score (nSPS) is 17.4. The molecule has 1 aliphatic heterocycles. The average Bonchev–Trinajstić information content (AvgIpc) is 3.13. The number of aromatic nitrogens is 2. The maximum atomic E-state index is 12.3. The van der Waals surface area contributed by atoms with Crippen LogP contribution in [-0.4, -0.2) is 47.2 Å². The van der Waals surface area contributed by atoms with Crippen LogP contribution in [0.4, 0.5) is 4.79 Å². The van der Waals surface area contributed by atoms with Gasteiger partial charge in [0.25, 0.3) is 0 Å². The van der Waals surface area contributed by atoms with Gasteiger partial charge in [-0.15, -0.1) is 11.3 Å². The lowest BCUT2D eigenvalue weighted by atomic mass is 10.1. The highest BCUT2D eigenvalue weighted by Gasteiger charge is 2.25. The molecular weight excluding hydrogens is 328 g/mol. The van der Waals surface area contributed by atoms with Crippen molar-refractivity contribution >= 4 is 17.4 Å². The third kappa shape index (κ3) is 4.35. The predicted octanol–water partition coefficient (Wildman–Crippen LogP) is 2.30. The van der Waals surface area contributed by atoms with E-state index in [0.29, 0.717) is 24.8 Å². The highest BCUT2D eigenvalue weighted by Crippen LogP contribution is 2.18. The first-order chi connectivity index (χ1) is 11.7. The zero-order valence-corrected chi connectivity index (χ0v) is 14.3. The van der Waals surface area contributed by atoms with Gasteiger partial charge in [-0.2, -0.15) is 4.98 Å². The highest BCUT2D eigenvalue weighted by molar-refractivity contribution is 7.09. The lowest BCUT2D eigenvalue weighted by molar-refractivity contribution is 0.0968. The molecule has 1 aliphatic rings. The van der Waals surface area contributed by atoms with Crippen LogP contribution < -0.4 is 14.8 Å². The van der Waals surface area contributed by atoms with Crippen molar-refractivity contribution in [3.05, 3.63) is 34.8 Å². The molecular formula is C16H20N4O3S. The van der Waals surface area contributed by atoms with E-state index in [-0.39, 0.29) is 12.1 Å². The number of carbonyl (C=O) groups excluding carboxylic acids is 1. The fourth-order valence-electron chi connectivity index (χ4n) is 2.56. The van der Waals surface area contributed by atoms with E-state index in [9.17, 15) is 4.79 Å². The van der Waals surface area contributed by atoms with Gasteiger partial charge in [-0.05, 0) is 24.3 Å². The lowest BCUT2D eigenvalue weighted by Crippen LogP contribution is -2.48. The van der Waals surface area contributed by atoms with E-state index in [4.69, 9.17) is 9.47 Å². The number of nitrogens with zero attached hydrogens (tertiary/aromatic N) is 3. The summed E-state index contributed by atoms with van der Waals surface area (Å²) in [5.41, 5.74) is 0. The molecule has 1 fully saturated rings.